The molecule has 3 rings (SSSR count). The van der Waals surface area contributed by atoms with Gasteiger partial charge < -0.3 is 29.7 Å². The molecule has 0 saturated heterocycles. The third-order valence-corrected chi connectivity index (χ3v) is 7.86. The summed E-state index contributed by atoms with van der Waals surface area (Å²) in [6.07, 6.45) is 2.58. The molecular weight excluding hydrogens is 579 g/mol. The van der Waals surface area contributed by atoms with Crippen molar-refractivity contribution in [2.45, 2.75) is 58.3 Å². The average Bonchev–Trinajstić information content (AvgIpc) is 2.94. The third kappa shape index (κ3) is 10.4. The largest absolute Gasteiger partial charge is 0.490 e. The normalized spacial score (nSPS) is 21.1. The summed E-state index contributed by atoms with van der Waals surface area (Å²) in [5.41, 5.74) is 0.830. The van der Waals surface area contributed by atoms with Gasteiger partial charge >= 0.3 is 6.03 Å². The zero-order valence-corrected chi connectivity index (χ0v) is 26.2. The lowest BCUT2D eigenvalue weighted by atomic mass is 10.0. The molecule has 2 aromatic rings. The molecule has 238 valence electrons. The van der Waals surface area contributed by atoms with Crippen molar-refractivity contribution in [2.24, 2.45) is 5.92 Å². The van der Waals surface area contributed by atoms with Crippen LogP contribution in [0.15, 0.2) is 42.5 Å². The van der Waals surface area contributed by atoms with Gasteiger partial charge in [-0.15, -0.1) is 0 Å². The standard InChI is InChI=1S/C30H43FN4O7S/c1-20-17-35(21(2)19-36)29(37)26-16-25(33-43(5,39)40)13-14-27(26)42-22(3)8-6-7-15-41-28(20)18-34(4)30(38)32-24-11-9-23(31)10-12-24/h9-14,16,20-22,28,33,36H,6-8,15,17-19H2,1-5H3,(H,32,38)/t20-,21-,22+,28+/m1/s1. The van der Waals surface area contributed by atoms with Gasteiger partial charge in [0.1, 0.15) is 11.6 Å². The summed E-state index contributed by atoms with van der Waals surface area (Å²) in [4.78, 5) is 30.0. The molecule has 1 heterocycles. The predicted octanol–water partition coefficient (Wildman–Crippen LogP) is 4.16. The number of hydrogen-bond acceptors (Lipinski definition) is 7. The van der Waals surface area contributed by atoms with Gasteiger partial charge in [-0.25, -0.2) is 17.6 Å². The summed E-state index contributed by atoms with van der Waals surface area (Å²) in [6.45, 7) is 6.05. The van der Waals surface area contributed by atoms with Crippen LogP contribution < -0.4 is 14.8 Å². The van der Waals surface area contributed by atoms with Crippen LogP contribution in [0.25, 0.3) is 0 Å². The Bertz CT molecular complexity index is 1340. The summed E-state index contributed by atoms with van der Waals surface area (Å²) in [5.74, 6) is -0.800. The first-order valence-electron chi connectivity index (χ1n) is 14.4. The van der Waals surface area contributed by atoms with Crippen molar-refractivity contribution >= 4 is 33.3 Å². The van der Waals surface area contributed by atoms with Crippen molar-refractivity contribution in [2.75, 3.05) is 49.6 Å². The van der Waals surface area contributed by atoms with Crippen LogP contribution in [0.4, 0.5) is 20.6 Å². The highest BCUT2D eigenvalue weighted by Crippen LogP contribution is 2.29. The lowest BCUT2D eigenvalue weighted by Crippen LogP contribution is -2.48. The van der Waals surface area contributed by atoms with Crippen LogP contribution in [-0.4, -0.2) is 93.1 Å². The molecule has 13 heteroatoms. The van der Waals surface area contributed by atoms with E-state index in [1.54, 1.807) is 26.1 Å². The molecule has 0 fully saturated rings. The summed E-state index contributed by atoms with van der Waals surface area (Å²) >= 11 is 0. The van der Waals surface area contributed by atoms with Crippen molar-refractivity contribution in [1.82, 2.24) is 9.80 Å². The van der Waals surface area contributed by atoms with E-state index >= 15 is 0 Å². The number of likely N-dealkylation sites (N-methyl/N-ethyl adjacent to an activating group) is 1. The van der Waals surface area contributed by atoms with Crippen molar-refractivity contribution in [3.63, 3.8) is 0 Å². The number of benzene rings is 2. The van der Waals surface area contributed by atoms with Crippen LogP contribution in [-0.2, 0) is 14.8 Å². The fourth-order valence-corrected chi connectivity index (χ4v) is 5.32. The summed E-state index contributed by atoms with van der Waals surface area (Å²) < 4.78 is 51.9. The van der Waals surface area contributed by atoms with E-state index in [1.807, 2.05) is 13.8 Å². The highest BCUT2D eigenvalue weighted by Gasteiger charge is 2.31. The van der Waals surface area contributed by atoms with E-state index in [-0.39, 0.29) is 43.0 Å². The second-order valence-corrected chi connectivity index (χ2v) is 13.0. The van der Waals surface area contributed by atoms with E-state index in [1.165, 1.54) is 40.1 Å². The van der Waals surface area contributed by atoms with E-state index in [9.17, 15) is 27.5 Å². The van der Waals surface area contributed by atoms with Crippen LogP contribution in [0.2, 0.25) is 0 Å². The van der Waals surface area contributed by atoms with Crippen molar-refractivity contribution < 1.29 is 37.0 Å². The Kier molecular flexibility index (Phi) is 12.2. The molecule has 0 spiro atoms. The Morgan fingerprint density at radius 1 is 1.16 bits per heavy atom. The second-order valence-electron chi connectivity index (χ2n) is 11.2. The number of hydrogen-bond donors (Lipinski definition) is 3. The summed E-state index contributed by atoms with van der Waals surface area (Å²) in [5, 5.41) is 12.8. The number of nitrogens with one attached hydrogen (secondary N) is 2. The lowest BCUT2D eigenvalue weighted by Gasteiger charge is -2.35. The average molecular weight is 623 g/mol. The number of aliphatic hydroxyl groups excluding tert-OH is 1. The van der Waals surface area contributed by atoms with E-state index in [4.69, 9.17) is 9.47 Å². The SMILES string of the molecule is C[C@@H]1CN([C@H](C)CO)C(=O)c2cc(NS(C)(=O)=O)ccc2O[C@@H](C)CCCCO[C@H]1CN(C)C(=O)Nc1ccc(F)cc1. The molecule has 1 aliphatic rings. The molecule has 0 aromatic heterocycles. The van der Waals surface area contributed by atoms with E-state index in [0.717, 1.165) is 19.1 Å². The van der Waals surface area contributed by atoms with Gasteiger partial charge in [-0.05, 0) is 75.6 Å². The smallest absolute Gasteiger partial charge is 0.321 e. The number of amides is 3. The molecule has 43 heavy (non-hydrogen) atoms. The van der Waals surface area contributed by atoms with Gasteiger partial charge in [0.2, 0.25) is 10.0 Å². The van der Waals surface area contributed by atoms with E-state index in [2.05, 4.69) is 10.0 Å². The minimum Gasteiger partial charge on any atom is -0.490 e. The minimum absolute atomic E-state index is 0.165. The topological polar surface area (TPSA) is 138 Å². The predicted molar refractivity (Wildman–Crippen MR) is 163 cm³/mol. The fraction of sp³-hybridized carbons (Fsp3) is 0.533. The maximum absolute atomic E-state index is 14.1. The van der Waals surface area contributed by atoms with Crippen LogP contribution in [0.1, 0.15) is 50.4 Å². The molecular formula is C30H43FN4O7S. The minimum atomic E-state index is -3.60. The van der Waals surface area contributed by atoms with Crippen LogP contribution in [0, 0.1) is 11.7 Å². The number of aliphatic hydroxyl groups is 1. The Balaban J connectivity index is 1.90. The first-order chi connectivity index (χ1) is 20.3. The molecule has 0 unspecified atom stereocenters. The Morgan fingerprint density at radius 2 is 1.84 bits per heavy atom. The molecule has 0 aliphatic carbocycles. The number of halogens is 1. The van der Waals surface area contributed by atoms with Gasteiger partial charge in [-0.1, -0.05) is 6.92 Å². The third-order valence-electron chi connectivity index (χ3n) is 7.25. The van der Waals surface area contributed by atoms with Gasteiger partial charge in [-0.3, -0.25) is 9.52 Å². The first-order valence-corrected chi connectivity index (χ1v) is 16.3. The quantitative estimate of drug-likeness (QED) is 0.422. The summed E-state index contributed by atoms with van der Waals surface area (Å²) in [7, 11) is -1.97. The molecule has 11 nitrogen and oxygen atoms in total. The number of sulfonamides is 1. The van der Waals surface area contributed by atoms with Crippen molar-refractivity contribution in [1.29, 1.82) is 0 Å². The number of rotatable bonds is 7. The summed E-state index contributed by atoms with van der Waals surface area (Å²) in [6, 6.07) is 9.05. The number of urea groups is 1. The Hall–Kier alpha value is -3.42. The van der Waals surface area contributed by atoms with Crippen molar-refractivity contribution in [3.8, 4) is 5.75 Å². The molecule has 0 radical (unpaired) electrons. The monoisotopic (exact) mass is 622 g/mol. The van der Waals surface area contributed by atoms with Gasteiger partial charge in [0.25, 0.3) is 5.91 Å². The first kappa shape index (κ1) is 34.1. The Morgan fingerprint density at radius 3 is 2.49 bits per heavy atom. The number of carbonyl (C=O) groups excluding carboxylic acids is 2. The fourth-order valence-electron chi connectivity index (χ4n) is 4.77. The van der Waals surface area contributed by atoms with Crippen LogP contribution >= 0.6 is 0 Å². The molecule has 0 saturated carbocycles. The number of anilines is 2. The highest BCUT2D eigenvalue weighted by atomic mass is 32.2. The zero-order chi connectivity index (χ0) is 31.7. The number of carbonyl (C=O) groups is 2. The molecule has 3 N–H and O–H groups in total. The lowest BCUT2D eigenvalue weighted by molar-refractivity contribution is -0.0115. The van der Waals surface area contributed by atoms with E-state index in [0.29, 0.717) is 24.5 Å². The van der Waals surface area contributed by atoms with Crippen LogP contribution in [0.3, 0.4) is 0 Å². The Labute approximate surface area is 253 Å². The van der Waals surface area contributed by atoms with Gasteiger partial charge in [0.15, 0.2) is 0 Å². The molecule has 2 aromatic carbocycles. The molecule has 0 bridgehead atoms. The zero-order valence-electron chi connectivity index (χ0n) is 25.4. The second kappa shape index (κ2) is 15.3. The molecule has 4 atom stereocenters. The molecule has 3 amide bonds. The number of fused-ring (bicyclic) bond motifs is 1. The number of nitrogens with zero attached hydrogens (tertiary/aromatic N) is 2. The molecule has 1 aliphatic heterocycles. The van der Waals surface area contributed by atoms with Gasteiger partial charge in [0.05, 0.1) is 36.7 Å². The van der Waals surface area contributed by atoms with Gasteiger partial charge in [0, 0.05) is 44.0 Å². The van der Waals surface area contributed by atoms with Gasteiger partial charge in [-0.2, -0.15) is 0 Å². The van der Waals surface area contributed by atoms with Crippen LogP contribution in [0.5, 0.6) is 5.75 Å². The van der Waals surface area contributed by atoms with Crippen molar-refractivity contribution in [3.05, 3.63) is 53.8 Å². The highest BCUT2D eigenvalue weighted by molar-refractivity contribution is 7.92. The maximum Gasteiger partial charge on any atom is 0.321 e. The van der Waals surface area contributed by atoms with E-state index < -0.39 is 39.9 Å². The number of ether oxygens (including phenoxy) is 2. The maximum atomic E-state index is 14.1.